The summed E-state index contributed by atoms with van der Waals surface area (Å²) in [4.78, 5) is 11.7. The van der Waals surface area contributed by atoms with Crippen molar-refractivity contribution < 1.29 is 9.53 Å². The molecular weight excluding hydrogens is 232 g/mol. The Balaban J connectivity index is 2.36. The van der Waals surface area contributed by atoms with Gasteiger partial charge in [-0.2, -0.15) is 5.10 Å². The van der Waals surface area contributed by atoms with E-state index in [9.17, 15) is 4.79 Å². The van der Waals surface area contributed by atoms with Gasteiger partial charge in [-0.1, -0.05) is 0 Å². The molecule has 0 spiro atoms. The summed E-state index contributed by atoms with van der Waals surface area (Å²) in [6, 6.07) is 4.89. The summed E-state index contributed by atoms with van der Waals surface area (Å²) >= 11 is 0. The number of aromatic nitrogens is 2. The number of nitrogens with two attached hydrogens (primary N) is 1. The van der Waals surface area contributed by atoms with Crippen LogP contribution in [-0.4, -0.2) is 22.7 Å². The molecule has 1 heterocycles. The van der Waals surface area contributed by atoms with Gasteiger partial charge in [-0.3, -0.25) is 9.48 Å². The highest BCUT2D eigenvalue weighted by Gasteiger charge is 2.12. The van der Waals surface area contributed by atoms with Crippen LogP contribution in [0, 0.1) is 0 Å². The second-order valence-corrected chi connectivity index (χ2v) is 3.79. The molecule has 0 saturated carbocycles. The standard InChI is InChI=1S/C12H14N4O2/c1-14-12(17)10-4-3-8(13)5-11(10)18-9-6-15-16(2)7-9/h3-7H,13H2,1-2H3,(H,14,17). The third-order valence-corrected chi connectivity index (χ3v) is 2.39. The second kappa shape index (κ2) is 4.79. The zero-order valence-corrected chi connectivity index (χ0v) is 10.2. The molecule has 1 aromatic heterocycles. The maximum atomic E-state index is 11.7. The van der Waals surface area contributed by atoms with E-state index in [0.29, 0.717) is 22.7 Å². The fourth-order valence-corrected chi connectivity index (χ4v) is 1.52. The summed E-state index contributed by atoms with van der Waals surface area (Å²) in [7, 11) is 3.35. The van der Waals surface area contributed by atoms with Crippen LogP contribution in [0.5, 0.6) is 11.5 Å². The van der Waals surface area contributed by atoms with Gasteiger partial charge in [0.05, 0.1) is 18.0 Å². The summed E-state index contributed by atoms with van der Waals surface area (Å²) in [5.41, 5.74) is 6.65. The van der Waals surface area contributed by atoms with E-state index in [1.807, 2.05) is 0 Å². The Morgan fingerprint density at radius 1 is 1.50 bits per heavy atom. The molecule has 0 aliphatic rings. The van der Waals surface area contributed by atoms with Crippen molar-refractivity contribution in [2.45, 2.75) is 0 Å². The number of nitrogen functional groups attached to an aromatic ring is 1. The SMILES string of the molecule is CNC(=O)c1ccc(N)cc1Oc1cnn(C)c1. The van der Waals surface area contributed by atoms with Crippen LogP contribution >= 0.6 is 0 Å². The molecule has 0 atom stereocenters. The van der Waals surface area contributed by atoms with Gasteiger partial charge < -0.3 is 15.8 Å². The van der Waals surface area contributed by atoms with Crippen molar-refractivity contribution in [2.75, 3.05) is 12.8 Å². The molecule has 0 unspecified atom stereocenters. The van der Waals surface area contributed by atoms with Gasteiger partial charge in [0, 0.05) is 25.8 Å². The monoisotopic (exact) mass is 246 g/mol. The minimum atomic E-state index is -0.228. The summed E-state index contributed by atoms with van der Waals surface area (Å²) in [5, 5.41) is 6.54. The van der Waals surface area contributed by atoms with Crippen LogP contribution in [0.1, 0.15) is 10.4 Å². The Morgan fingerprint density at radius 2 is 2.28 bits per heavy atom. The number of hydrogen-bond acceptors (Lipinski definition) is 4. The minimum Gasteiger partial charge on any atom is -0.453 e. The number of hydrogen-bond donors (Lipinski definition) is 2. The Hall–Kier alpha value is -2.50. The van der Waals surface area contributed by atoms with Gasteiger partial charge in [0.2, 0.25) is 0 Å². The Kier molecular flexibility index (Phi) is 3.18. The molecule has 0 fully saturated rings. The molecule has 94 valence electrons. The first-order valence-electron chi connectivity index (χ1n) is 5.38. The molecule has 2 aromatic rings. The van der Waals surface area contributed by atoms with E-state index < -0.39 is 0 Å². The lowest BCUT2D eigenvalue weighted by Crippen LogP contribution is -2.18. The number of ether oxygens (including phenoxy) is 1. The third-order valence-electron chi connectivity index (χ3n) is 2.39. The number of rotatable bonds is 3. The number of nitrogens with one attached hydrogen (secondary N) is 1. The number of carbonyl (C=O) groups is 1. The van der Waals surface area contributed by atoms with Gasteiger partial charge >= 0.3 is 0 Å². The topological polar surface area (TPSA) is 82.2 Å². The molecule has 1 aromatic carbocycles. The van der Waals surface area contributed by atoms with Crippen LogP contribution in [0.3, 0.4) is 0 Å². The molecule has 2 rings (SSSR count). The predicted octanol–water partition coefficient (Wildman–Crippen LogP) is 1.15. The maximum Gasteiger partial charge on any atom is 0.254 e. The Morgan fingerprint density at radius 3 is 2.89 bits per heavy atom. The summed E-state index contributed by atoms with van der Waals surface area (Å²) in [5.74, 6) is 0.726. The largest absolute Gasteiger partial charge is 0.453 e. The Bertz CT molecular complexity index is 577. The van der Waals surface area contributed by atoms with Crippen LogP contribution in [0.4, 0.5) is 5.69 Å². The lowest BCUT2D eigenvalue weighted by molar-refractivity contribution is 0.0961. The van der Waals surface area contributed by atoms with Crippen molar-refractivity contribution in [1.29, 1.82) is 0 Å². The van der Waals surface area contributed by atoms with Crippen LogP contribution in [0.25, 0.3) is 0 Å². The van der Waals surface area contributed by atoms with Crippen molar-refractivity contribution in [3.63, 3.8) is 0 Å². The molecule has 0 aliphatic carbocycles. The van der Waals surface area contributed by atoms with Gasteiger partial charge in [0.1, 0.15) is 5.75 Å². The van der Waals surface area contributed by atoms with E-state index in [0.717, 1.165) is 0 Å². The van der Waals surface area contributed by atoms with Crippen LogP contribution in [0.2, 0.25) is 0 Å². The molecular formula is C12H14N4O2. The fourth-order valence-electron chi connectivity index (χ4n) is 1.52. The molecule has 0 aliphatic heterocycles. The summed E-state index contributed by atoms with van der Waals surface area (Å²) < 4.78 is 7.22. The summed E-state index contributed by atoms with van der Waals surface area (Å²) in [6.45, 7) is 0. The smallest absolute Gasteiger partial charge is 0.254 e. The average molecular weight is 246 g/mol. The summed E-state index contributed by atoms with van der Waals surface area (Å²) in [6.07, 6.45) is 3.27. The van der Waals surface area contributed by atoms with Gasteiger partial charge in [-0.15, -0.1) is 0 Å². The third kappa shape index (κ3) is 2.42. The molecule has 0 saturated heterocycles. The van der Waals surface area contributed by atoms with Crippen LogP contribution in [0.15, 0.2) is 30.6 Å². The number of benzene rings is 1. The first-order valence-corrected chi connectivity index (χ1v) is 5.38. The van der Waals surface area contributed by atoms with Gasteiger partial charge in [-0.25, -0.2) is 0 Å². The lowest BCUT2D eigenvalue weighted by Gasteiger charge is -2.09. The van der Waals surface area contributed by atoms with E-state index in [-0.39, 0.29) is 5.91 Å². The molecule has 1 amide bonds. The average Bonchev–Trinajstić information content (AvgIpc) is 2.74. The number of aryl methyl sites for hydroxylation is 1. The van der Waals surface area contributed by atoms with Crippen molar-refractivity contribution in [3.8, 4) is 11.5 Å². The van der Waals surface area contributed by atoms with E-state index in [1.54, 1.807) is 49.4 Å². The number of carbonyl (C=O) groups excluding carboxylic acids is 1. The van der Waals surface area contributed by atoms with Crippen LogP contribution in [-0.2, 0) is 7.05 Å². The predicted molar refractivity (Wildman–Crippen MR) is 67.5 cm³/mol. The van der Waals surface area contributed by atoms with Crippen molar-refractivity contribution in [2.24, 2.45) is 7.05 Å². The van der Waals surface area contributed by atoms with Gasteiger partial charge in [0.15, 0.2) is 5.75 Å². The maximum absolute atomic E-state index is 11.7. The molecule has 6 heteroatoms. The van der Waals surface area contributed by atoms with E-state index in [1.165, 1.54) is 0 Å². The van der Waals surface area contributed by atoms with Crippen molar-refractivity contribution in [1.82, 2.24) is 15.1 Å². The van der Waals surface area contributed by atoms with Gasteiger partial charge in [-0.05, 0) is 12.1 Å². The fraction of sp³-hybridized carbons (Fsp3) is 0.167. The van der Waals surface area contributed by atoms with Gasteiger partial charge in [0.25, 0.3) is 5.91 Å². The number of amides is 1. The highest BCUT2D eigenvalue weighted by atomic mass is 16.5. The number of nitrogens with zero attached hydrogens (tertiary/aromatic N) is 2. The molecule has 18 heavy (non-hydrogen) atoms. The first-order chi connectivity index (χ1) is 8.60. The Labute approximate surface area is 104 Å². The molecule has 6 nitrogen and oxygen atoms in total. The molecule has 3 N–H and O–H groups in total. The van der Waals surface area contributed by atoms with Crippen molar-refractivity contribution >= 4 is 11.6 Å². The van der Waals surface area contributed by atoms with Crippen LogP contribution < -0.4 is 15.8 Å². The van der Waals surface area contributed by atoms with E-state index in [4.69, 9.17) is 10.5 Å². The number of anilines is 1. The second-order valence-electron chi connectivity index (χ2n) is 3.79. The zero-order chi connectivity index (χ0) is 13.1. The van der Waals surface area contributed by atoms with Crippen molar-refractivity contribution in [3.05, 3.63) is 36.2 Å². The zero-order valence-electron chi connectivity index (χ0n) is 10.2. The van der Waals surface area contributed by atoms with E-state index >= 15 is 0 Å². The van der Waals surface area contributed by atoms with E-state index in [2.05, 4.69) is 10.4 Å². The quantitative estimate of drug-likeness (QED) is 0.796. The molecule has 0 radical (unpaired) electrons. The normalized spacial score (nSPS) is 10.1. The highest BCUT2D eigenvalue weighted by molar-refractivity contribution is 5.97. The minimum absolute atomic E-state index is 0.228. The highest BCUT2D eigenvalue weighted by Crippen LogP contribution is 2.27. The molecule has 0 bridgehead atoms. The lowest BCUT2D eigenvalue weighted by atomic mass is 10.1. The first kappa shape index (κ1) is 12.0.